The fourth-order valence-electron chi connectivity index (χ4n) is 2.70. The minimum absolute atomic E-state index is 0.660. The zero-order chi connectivity index (χ0) is 11.0. The smallest absolute Gasteiger partial charge is 0.133 e. The SMILES string of the molecule is CC1CCn2c(nnc2CC2CCOC2)C1. The molecule has 0 aliphatic carbocycles. The van der Waals surface area contributed by atoms with Crippen molar-refractivity contribution in [2.24, 2.45) is 11.8 Å². The number of hydrogen-bond acceptors (Lipinski definition) is 3. The maximum atomic E-state index is 5.41. The highest BCUT2D eigenvalue weighted by atomic mass is 16.5. The Morgan fingerprint density at radius 3 is 3.12 bits per heavy atom. The number of ether oxygens (including phenoxy) is 1. The largest absolute Gasteiger partial charge is 0.381 e. The predicted molar refractivity (Wildman–Crippen MR) is 60.1 cm³/mol. The topological polar surface area (TPSA) is 39.9 Å². The van der Waals surface area contributed by atoms with Gasteiger partial charge in [0.05, 0.1) is 0 Å². The fourth-order valence-corrected chi connectivity index (χ4v) is 2.70. The normalized spacial score (nSPS) is 29.3. The number of fused-ring (bicyclic) bond motifs is 1. The van der Waals surface area contributed by atoms with Crippen LogP contribution in [0.5, 0.6) is 0 Å². The summed E-state index contributed by atoms with van der Waals surface area (Å²) < 4.78 is 7.74. The van der Waals surface area contributed by atoms with Gasteiger partial charge in [0, 0.05) is 32.6 Å². The van der Waals surface area contributed by atoms with E-state index in [2.05, 4.69) is 21.7 Å². The van der Waals surface area contributed by atoms with Crippen LogP contribution in [0, 0.1) is 11.8 Å². The van der Waals surface area contributed by atoms with Crippen molar-refractivity contribution in [3.05, 3.63) is 11.6 Å². The second-order valence-electron chi connectivity index (χ2n) is 5.22. The molecule has 16 heavy (non-hydrogen) atoms. The van der Waals surface area contributed by atoms with Crippen LogP contribution in [-0.4, -0.2) is 28.0 Å². The zero-order valence-electron chi connectivity index (χ0n) is 9.85. The van der Waals surface area contributed by atoms with Gasteiger partial charge in [-0.15, -0.1) is 10.2 Å². The number of rotatable bonds is 2. The first kappa shape index (κ1) is 10.3. The highest BCUT2D eigenvalue weighted by Crippen LogP contribution is 2.23. The molecule has 2 aliphatic rings. The molecule has 0 aromatic carbocycles. The van der Waals surface area contributed by atoms with Gasteiger partial charge in [-0.05, 0) is 24.7 Å². The lowest BCUT2D eigenvalue weighted by Gasteiger charge is -2.20. The van der Waals surface area contributed by atoms with Crippen molar-refractivity contribution in [1.82, 2.24) is 14.8 Å². The van der Waals surface area contributed by atoms with E-state index in [4.69, 9.17) is 4.74 Å². The van der Waals surface area contributed by atoms with Crippen molar-refractivity contribution in [3.63, 3.8) is 0 Å². The summed E-state index contributed by atoms with van der Waals surface area (Å²) >= 11 is 0. The molecule has 0 amide bonds. The van der Waals surface area contributed by atoms with E-state index in [1.54, 1.807) is 0 Å². The molecule has 1 saturated heterocycles. The minimum atomic E-state index is 0.660. The van der Waals surface area contributed by atoms with Crippen LogP contribution >= 0.6 is 0 Å². The van der Waals surface area contributed by atoms with E-state index < -0.39 is 0 Å². The van der Waals surface area contributed by atoms with Gasteiger partial charge in [0.1, 0.15) is 11.6 Å². The van der Waals surface area contributed by atoms with E-state index >= 15 is 0 Å². The highest BCUT2D eigenvalue weighted by Gasteiger charge is 2.23. The maximum absolute atomic E-state index is 5.41. The second-order valence-corrected chi connectivity index (χ2v) is 5.22. The molecule has 0 spiro atoms. The van der Waals surface area contributed by atoms with Crippen molar-refractivity contribution in [2.75, 3.05) is 13.2 Å². The molecule has 2 unspecified atom stereocenters. The van der Waals surface area contributed by atoms with Crippen LogP contribution in [0.1, 0.15) is 31.4 Å². The fraction of sp³-hybridized carbons (Fsp3) is 0.833. The summed E-state index contributed by atoms with van der Waals surface area (Å²) in [6.45, 7) is 5.22. The molecule has 0 N–H and O–H groups in total. The van der Waals surface area contributed by atoms with Crippen LogP contribution in [0.4, 0.5) is 0 Å². The molecular formula is C12H19N3O. The number of nitrogens with zero attached hydrogens (tertiary/aromatic N) is 3. The van der Waals surface area contributed by atoms with Gasteiger partial charge in [-0.1, -0.05) is 6.92 Å². The maximum Gasteiger partial charge on any atom is 0.133 e. The molecule has 1 aromatic heterocycles. The molecule has 88 valence electrons. The summed E-state index contributed by atoms with van der Waals surface area (Å²) in [5, 5.41) is 8.67. The first-order chi connectivity index (χ1) is 7.83. The van der Waals surface area contributed by atoms with Gasteiger partial charge in [0.2, 0.25) is 0 Å². The van der Waals surface area contributed by atoms with Crippen molar-refractivity contribution in [2.45, 2.75) is 39.2 Å². The lowest BCUT2D eigenvalue weighted by atomic mass is 9.99. The third-order valence-electron chi connectivity index (χ3n) is 3.78. The Morgan fingerprint density at radius 1 is 1.38 bits per heavy atom. The Hall–Kier alpha value is -0.900. The van der Waals surface area contributed by atoms with Crippen molar-refractivity contribution >= 4 is 0 Å². The van der Waals surface area contributed by atoms with Gasteiger partial charge in [-0.2, -0.15) is 0 Å². The summed E-state index contributed by atoms with van der Waals surface area (Å²) in [5.41, 5.74) is 0. The van der Waals surface area contributed by atoms with Crippen LogP contribution in [0.15, 0.2) is 0 Å². The summed E-state index contributed by atoms with van der Waals surface area (Å²) in [6.07, 6.45) is 4.58. The molecule has 1 aromatic rings. The van der Waals surface area contributed by atoms with Crippen LogP contribution in [0.2, 0.25) is 0 Å². The summed E-state index contributed by atoms with van der Waals surface area (Å²) in [5.74, 6) is 3.79. The zero-order valence-corrected chi connectivity index (χ0v) is 9.85. The average molecular weight is 221 g/mol. The molecule has 0 bridgehead atoms. The van der Waals surface area contributed by atoms with Crippen LogP contribution in [0.3, 0.4) is 0 Å². The first-order valence-electron chi connectivity index (χ1n) is 6.31. The van der Waals surface area contributed by atoms with E-state index in [9.17, 15) is 0 Å². The summed E-state index contributed by atoms with van der Waals surface area (Å²) in [6, 6.07) is 0. The summed E-state index contributed by atoms with van der Waals surface area (Å²) in [4.78, 5) is 0. The molecule has 3 rings (SSSR count). The Bertz CT molecular complexity index is 368. The second kappa shape index (κ2) is 4.17. The lowest BCUT2D eigenvalue weighted by Crippen LogP contribution is -2.20. The highest BCUT2D eigenvalue weighted by molar-refractivity contribution is 5.01. The van der Waals surface area contributed by atoms with Gasteiger partial charge in [-0.25, -0.2) is 0 Å². The van der Waals surface area contributed by atoms with Gasteiger partial charge in [0.15, 0.2) is 0 Å². The van der Waals surface area contributed by atoms with Crippen LogP contribution in [0.25, 0.3) is 0 Å². The van der Waals surface area contributed by atoms with E-state index in [0.717, 1.165) is 38.5 Å². The third-order valence-corrected chi connectivity index (χ3v) is 3.78. The standard InChI is InChI=1S/C12H19N3O/c1-9-2-4-15-11(6-9)13-14-12(15)7-10-3-5-16-8-10/h9-10H,2-8H2,1H3. The first-order valence-corrected chi connectivity index (χ1v) is 6.31. The van der Waals surface area contributed by atoms with Gasteiger partial charge in [0.25, 0.3) is 0 Å². The molecule has 4 heteroatoms. The van der Waals surface area contributed by atoms with Crippen LogP contribution in [-0.2, 0) is 24.1 Å². The Morgan fingerprint density at radius 2 is 2.31 bits per heavy atom. The summed E-state index contributed by atoms with van der Waals surface area (Å²) in [7, 11) is 0. The monoisotopic (exact) mass is 221 g/mol. The van der Waals surface area contributed by atoms with E-state index in [0.29, 0.717) is 5.92 Å². The van der Waals surface area contributed by atoms with Crippen LogP contribution < -0.4 is 0 Å². The van der Waals surface area contributed by atoms with Gasteiger partial charge < -0.3 is 9.30 Å². The molecular weight excluding hydrogens is 202 g/mol. The van der Waals surface area contributed by atoms with E-state index in [1.165, 1.54) is 24.5 Å². The molecule has 1 fully saturated rings. The Labute approximate surface area is 96.0 Å². The Kier molecular flexibility index (Phi) is 2.67. The van der Waals surface area contributed by atoms with Crippen molar-refractivity contribution < 1.29 is 4.74 Å². The number of hydrogen-bond donors (Lipinski definition) is 0. The molecule has 0 saturated carbocycles. The number of aromatic nitrogens is 3. The average Bonchev–Trinajstić information content (AvgIpc) is 2.89. The Balaban J connectivity index is 1.75. The molecule has 2 atom stereocenters. The molecule has 4 nitrogen and oxygen atoms in total. The quantitative estimate of drug-likeness (QED) is 0.758. The lowest BCUT2D eigenvalue weighted by molar-refractivity contribution is 0.185. The van der Waals surface area contributed by atoms with Crippen molar-refractivity contribution in [1.29, 1.82) is 0 Å². The van der Waals surface area contributed by atoms with Gasteiger partial charge in [-0.3, -0.25) is 0 Å². The third kappa shape index (κ3) is 1.86. The molecule has 3 heterocycles. The molecule has 2 aliphatic heterocycles. The predicted octanol–water partition coefficient (Wildman–Crippen LogP) is 1.44. The van der Waals surface area contributed by atoms with E-state index in [-0.39, 0.29) is 0 Å². The van der Waals surface area contributed by atoms with Gasteiger partial charge >= 0.3 is 0 Å². The van der Waals surface area contributed by atoms with Crippen molar-refractivity contribution in [3.8, 4) is 0 Å². The minimum Gasteiger partial charge on any atom is -0.381 e. The molecule has 0 radical (unpaired) electrons. The van der Waals surface area contributed by atoms with E-state index in [1.807, 2.05) is 0 Å².